The second-order valence-electron chi connectivity index (χ2n) is 5.50. The van der Waals surface area contributed by atoms with Gasteiger partial charge in [0.1, 0.15) is 18.2 Å². The molecule has 0 amide bonds. The molecule has 3 aromatic rings. The zero-order chi connectivity index (χ0) is 17.8. The first-order valence-corrected chi connectivity index (χ1v) is 7.64. The molecular formula is C18H16N4O3. The molecule has 2 aromatic heterocycles. The molecule has 1 aromatic carbocycles. The Morgan fingerprint density at radius 1 is 1.32 bits per heavy atom. The molecule has 0 spiro atoms. The van der Waals surface area contributed by atoms with E-state index < -0.39 is 5.56 Å². The summed E-state index contributed by atoms with van der Waals surface area (Å²) in [7, 11) is 1.52. The lowest BCUT2D eigenvalue weighted by Gasteiger charge is -2.11. The highest BCUT2D eigenvalue weighted by Gasteiger charge is 2.16. The van der Waals surface area contributed by atoms with Crippen LogP contribution in [0.2, 0.25) is 0 Å². The van der Waals surface area contributed by atoms with Gasteiger partial charge in [-0.25, -0.2) is 0 Å². The van der Waals surface area contributed by atoms with Gasteiger partial charge in [0.25, 0.3) is 5.56 Å². The minimum atomic E-state index is -0.394. The van der Waals surface area contributed by atoms with E-state index in [4.69, 9.17) is 9.26 Å². The fraction of sp³-hybridized carbons (Fsp3) is 0.222. The predicted molar refractivity (Wildman–Crippen MR) is 89.7 cm³/mol. The number of methoxy groups -OCH3 is 1. The van der Waals surface area contributed by atoms with Crippen molar-refractivity contribution in [2.45, 2.75) is 20.1 Å². The third-order valence-electron chi connectivity index (χ3n) is 3.79. The quantitative estimate of drug-likeness (QED) is 0.709. The molecule has 0 radical (unpaired) electrons. The fourth-order valence-electron chi connectivity index (χ4n) is 2.58. The van der Waals surface area contributed by atoms with Crippen molar-refractivity contribution < 1.29 is 9.26 Å². The lowest BCUT2D eigenvalue weighted by Crippen LogP contribution is -2.27. The van der Waals surface area contributed by atoms with Gasteiger partial charge in [0.15, 0.2) is 0 Å². The Balaban J connectivity index is 1.95. The van der Waals surface area contributed by atoms with Crippen molar-refractivity contribution in [1.29, 1.82) is 5.26 Å². The fourth-order valence-corrected chi connectivity index (χ4v) is 2.58. The molecule has 0 aliphatic rings. The molecule has 0 saturated carbocycles. The van der Waals surface area contributed by atoms with Crippen LogP contribution < -0.4 is 5.56 Å². The Kier molecular flexibility index (Phi) is 4.73. The van der Waals surface area contributed by atoms with Crippen LogP contribution >= 0.6 is 0 Å². The summed E-state index contributed by atoms with van der Waals surface area (Å²) in [4.78, 5) is 16.9. The summed E-state index contributed by atoms with van der Waals surface area (Å²) in [5.74, 6) is 0.755. The van der Waals surface area contributed by atoms with Crippen molar-refractivity contribution in [3.63, 3.8) is 0 Å². The second-order valence-corrected chi connectivity index (χ2v) is 5.50. The Labute approximate surface area is 144 Å². The van der Waals surface area contributed by atoms with Gasteiger partial charge >= 0.3 is 0 Å². The number of rotatable bonds is 5. The molecule has 0 saturated heterocycles. The van der Waals surface area contributed by atoms with Crippen molar-refractivity contribution in [2.24, 2.45) is 0 Å². The van der Waals surface area contributed by atoms with E-state index in [2.05, 4.69) is 10.1 Å². The first kappa shape index (κ1) is 16.6. The Morgan fingerprint density at radius 3 is 2.76 bits per heavy atom. The van der Waals surface area contributed by atoms with Crippen LogP contribution in [0.1, 0.15) is 22.7 Å². The molecule has 0 atom stereocenters. The van der Waals surface area contributed by atoms with Crippen LogP contribution in [0.3, 0.4) is 0 Å². The summed E-state index contributed by atoms with van der Waals surface area (Å²) in [6.07, 6.45) is 0. The molecule has 7 nitrogen and oxygen atoms in total. The van der Waals surface area contributed by atoms with Crippen LogP contribution in [-0.2, 0) is 17.9 Å². The van der Waals surface area contributed by atoms with Crippen molar-refractivity contribution >= 4 is 0 Å². The predicted octanol–water partition coefficient (Wildman–Crippen LogP) is 2.27. The monoisotopic (exact) mass is 336 g/mol. The number of pyridine rings is 1. The van der Waals surface area contributed by atoms with Gasteiger partial charge in [-0.05, 0) is 13.0 Å². The summed E-state index contributed by atoms with van der Waals surface area (Å²) >= 11 is 0. The third-order valence-corrected chi connectivity index (χ3v) is 3.79. The molecule has 0 bridgehead atoms. The normalized spacial score (nSPS) is 10.6. The average Bonchev–Trinajstić information content (AvgIpc) is 3.08. The van der Waals surface area contributed by atoms with Gasteiger partial charge in [-0.15, -0.1) is 0 Å². The maximum Gasteiger partial charge on any atom is 0.269 e. The number of nitrogens with zero attached hydrogens (tertiary/aromatic N) is 4. The van der Waals surface area contributed by atoms with E-state index in [9.17, 15) is 10.1 Å². The van der Waals surface area contributed by atoms with Crippen LogP contribution in [-0.4, -0.2) is 21.8 Å². The molecule has 0 aliphatic carbocycles. The highest BCUT2D eigenvalue weighted by molar-refractivity contribution is 5.53. The van der Waals surface area contributed by atoms with Gasteiger partial charge in [-0.3, -0.25) is 4.79 Å². The second kappa shape index (κ2) is 7.11. The average molecular weight is 336 g/mol. The molecule has 0 unspecified atom stereocenters. The molecule has 0 aliphatic heterocycles. The molecular weight excluding hydrogens is 320 g/mol. The van der Waals surface area contributed by atoms with Crippen LogP contribution in [0, 0.1) is 18.3 Å². The topological polar surface area (TPSA) is 93.9 Å². The highest BCUT2D eigenvalue weighted by atomic mass is 16.5. The number of benzene rings is 1. The van der Waals surface area contributed by atoms with Crippen LogP contribution in [0.25, 0.3) is 11.4 Å². The van der Waals surface area contributed by atoms with E-state index in [-0.39, 0.29) is 18.7 Å². The van der Waals surface area contributed by atoms with Crippen LogP contribution in [0.5, 0.6) is 0 Å². The Bertz CT molecular complexity index is 984. The van der Waals surface area contributed by atoms with Gasteiger partial charge < -0.3 is 13.8 Å². The van der Waals surface area contributed by atoms with Crippen LogP contribution in [0.4, 0.5) is 0 Å². The molecule has 25 heavy (non-hydrogen) atoms. The summed E-state index contributed by atoms with van der Waals surface area (Å²) in [5.41, 5.74) is 1.76. The minimum Gasteiger partial charge on any atom is -0.380 e. The van der Waals surface area contributed by atoms with Gasteiger partial charge in [-0.2, -0.15) is 10.2 Å². The number of hydrogen-bond donors (Lipinski definition) is 0. The van der Waals surface area contributed by atoms with Gasteiger partial charge in [0.2, 0.25) is 11.7 Å². The SMILES string of the molecule is COCc1cc(C)n(Cc2nc(-c3ccccc3)no2)c(=O)c1C#N. The van der Waals surface area contributed by atoms with E-state index in [0.29, 0.717) is 23.0 Å². The number of hydrogen-bond acceptors (Lipinski definition) is 6. The molecule has 0 N–H and O–H groups in total. The van der Waals surface area contributed by atoms with E-state index >= 15 is 0 Å². The zero-order valence-electron chi connectivity index (χ0n) is 13.9. The van der Waals surface area contributed by atoms with E-state index in [1.165, 1.54) is 11.7 Å². The van der Waals surface area contributed by atoms with E-state index in [1.54, 1.807) is 13.0 Å². The van der Waals surface area contributed by atoms with Gasteiger partial charge in [-0.1, -0.05) is 35.5 Å². The van der Waals surface area contributed by atoms with E-state index in [0.717, 1.165) is 5.56 Å². The summed E-state index contributed by atoms with van der Waals surface area (Å²) in [6.45, 7) is 2.10. The van der Waals surface area contributed by atoms with Crippen molar-refractivity contribution in [1.82, 2.24) is 14.7 Å². The molecule has 126 valence electrons. The number of aromatic nitrogens is 3. The third kappa shape index (κ3) is 3.34. The first-order valence-electron chi connectivity index (χ1n) is 7.64. The molecule has 0 fully saturated rings. The summed E-state index contributed by atoms with van der Waals surface area (Å²) in [6, 6.07) is 13.1. The lowest BCUT2D eigenvalue weighted by molar-refractivity contribution is 0.184. The highest BCUT2D eigenvalue weighted by Crippen LogP contribution is 2.16. The molecule has 3 rings (SSSR count). The van der Waals surface area contributed by atoms with Crippen molar-refractivity contribution in [3.05, 3.63) is 69.5 Å². The molecule has 7 heteroatoms. The summed E-state index contributed by atoms with van der Waals surface area (Å²) in [5, 5.41) is 13.2. The maximum atomic E-state index is 12.6. The standard InChI is InChI=1S/C18H16N4O3/c1-12-8-14(11-24-2)15(9-19)18(23)22(12)10-16-20-17(21-25-16)13-6-4-3-5-7-13/h3-8H,10-11H2,1-2H3. The number of aryl methyl sites for hydroxylation is 1. The molecule has 2 heterocycles. The van der Waals surface area contributed by atoms with Gasteiger partial charge in [0.05, 0.1) is 6.61 Å². The number of ether oxygens (including phenoxy) is 1. The zero-order valence-corrected chi connectivity index (χ0v) is 13.9. The Morgan fingerprint density at radius 2 is 2.08 bits per heavy atom. The lowest BCUT2D eigenvalue weighted by atomic mass is 10.1. The largest absolute Gasteiger partial charge is 0.380 e. The van der Waals surface area contributed by atoms with Crippen molar-refractivity contribution in [3.8, 4) is 17.5 Å². The smallest absolute Gasteiger partial charge is 0.269 e. The minimum absolute atomic E-state index is 0.0650. The first-order chi connectivity index (χ1) is 12.1. The van der Waals surface area contributed by atoms with Crippen molar-refractivity contribution in [2.75, 3.05) is 7.11 Å². The van der Waals surface area contributed by atoms with Gasteiger partial charge in [0, 0.05) is 23.9 Å². The number of nitriles is 1. The maximum absolute atomic E-state index is 12.6. The Hall–Kier alpha value is -3.24. The van der Waals surface area contributed by atoms with E-state index in [1.807, 2.05) is 36.4 Å². The summed E-state index contributed by atoms with van der Waals surface area (Å²) < 4.78 is 11.8. The van der Waals surface area contributed by atoms with Crippen LogP contribution in [0.15, 0.2) is 45.7 Å².